The highest BCUT2D eigenvalue weighted by atomic mass is 15.2. The summed E-state index contributed by atoms with van der Waals surface area (Å²) in [5, 5.41) is 3.46. The number of unbranched alkanes of at least 4 members (excludes halogenated alkanes) is 1. The molecular formula is C21H25N5. The third-order valence-electron chi connectivity index (χ3n) is 5.16. The van der Waals surface area contributed by atoms with Crippen LogP contribution in [0.15, 0.2) is 64.6 Å². The Morgan fingerprint density at radius 3 is 2.58 bits per heavy atom. The van der Waals surface area contributed by atoms with Crippen LogP contribution in [0.4, 0.5) is 5.69 Å². The van der Waals surface area contributed by atoms with Crippen LogP contribution in [-0.4, -0.2) is 23.3 Å². The van der Waals surface area contributed by atoms with Gasteiger partial charge in [-0.15, -0.1) is 0 Å². The highest BCUT2D eigenvalue weighted by Crippen LogP contribution is 2.36. The number of para-hydroxylation sites is 1. The molecule has 0 fully saturated rings. The Morgan fingerprint density at radius 1 is 1.08 bits per heavy atom. The van der Waals surface area contributed by atoms with Gasteiger partial charge in [-0.3, -0.25) is 9.98 Å². The predicted molar refractivity (Wildman–Crippen MR) is 108 cm³/mol. The number of hydrogen-bond donors (Lipinski definition) is 3. The molecule has 2 heterocycles. The van der Waals surface area contributed by atoms with Crippen LogP contribution >= 0.6 is 0 Å². The van der Waals surface area contributed by atoms with E-state index in [2.05, 4.69) is 18.3 Å². The number of nitrogens with two attached hydrogens (primary N) is 2. The summed E-state index contributed by atoms with van der Waals surface area (Å²) < 4.78 is 0. The molecule has 3 unspecified atom stereocenters. The Bertz CT molecular complexity index is 858. The second kappa shape index (κ2) is 6.67. The molecule has 0 radical (unpaired) electrons. The number of anilines is 1. The Balaban J connectivity index is 1.80. The molecule has 0 aliphatic carbocycles. The average Bonchev–Trinajstić information content (AvgIpc) is 3.12. The van der Waals surface area contributed by atoms with Crippen molar-refractivity contribution in [3.63, 3.8) is 0 Å². The summed E-state index contributed by atoms with van der Waals surface area (Å²) in [6, 6.07) is 17.6. The summed E-state index contributed by atoms with van der Waals surface area (Å²) >= 11 is 0. The van der Waals surface area contributed by atoms with Gasteiger partial charge < -0.3 is 16.8 Å². The maximum absolute atomic E-state index is 6.88. The van der Waals surface area contributed by atoms with Crippen LogP contribution in [0.2, 0.25) is 0 Å². The number of fused-ring (bicyclic) bond motifs is 3. The number of nitrogens with zero attached hydrogens (tertiary/aromatic N) is 2. The van der Waals surface area contributed by atoms with E-state index in [9.17, 15) is 0 Å². The normalized spacial score (nSPS) is 24.8. The van der Waals surface area contributed by atoms with Crippen LogP contribution in [-0.2, 0) is 0 Å². The molecule has 0 saturated carbocycles. The molecular weight excluding hydrogens is 322 g/mol. The molecule has 5 heteroatoms. The third kappa shape index (κ3) is 2.73. The van der Waals surface area contributed by atoms with Crippen LogP contribution in [0.25, 0.3) is 0 Å². The molecule has 5 nitrogen and oxygen atoms in total. The zero-order valence-electron chi connectivity index (χ0n) is 15.0. The van der Waals surface area contributed by atoms with Gasteiger partial charge in [0.05, 0.1) is 11.8 Å². The van der Waals surface area contributed by atoms with E-state index in [1.807, 2.05) is 48.5 Å². The molecule has 2 aromatic rings. The minimum Gasteiger partial charge on any atom is -0.360 e. The second-order valence-electron chi connectivity index (χ2n) is 7.01. The standard InChI is InChI=1S/C21H25N5/c1-2-3-13-17-24-18-15-11-7-8-12-16(15)26-21(23,20(18)25-17)19(22)14-9-5-4-6-10-14/h4-12,17,19,26H,2-3,13,22-23H2,1H3. The summed E-state index contributed by atoms with van der Waals surface area (Å²) in [7, 11) is 0. The maximum Gasteiger partial charge on any atom is 0.151 e. The van der Waals surface area contributed by atoms with E-state index in [1.54, 1.807) is 0 Å². The average molecular weight is 347 g/mol. The van der Waals surface area contributed by atoms with Gasteiger partial charge in [-0.25, -0.2) is 0 Å². The number of benzene rings is 2. The van der Waals surface area contributed by atoms with Crippen LogP contribution in [0, 0.1) is 0 Å². The van der Waals surface area contributed by atoms with Gasteiger partial charge in [0.1, 0.15) is 11.9 Å². The largest absolute Gasteiger partial charge is 0.360 e. The van der Waals surface area contributed by atoms with E-state index in [0.717, 1.165) is 47.5 Å². The first-order valence-electron chi connectivity index (χ1n) is 9.27. The first kappa shape index (κ1) is 16.9. The van der Waals surface area contributed by atoms with E-state index in [4.69, 9.17) is 21.5 Å². The zero-order valence-corrected chi connectivity index (χ0v) is 15.0. The molecule has 0 amide bonds. The quantitative estimate of drug-likeness (QED) is 0.776. The molecule has 4 rings (SSSR count). The van der Waals surface area contributed by atoms with Gasteiger partial charge >= 0.3 is 0 Å². The van der Waals surface area contributed by atoms with Crippen molar-refractivity contribution in [2.45, 2.75) is 44.1 Å². The molecule has 3 atom stereocenters. The molecule has 134 valence electrons. The van der Waals surface area contributed by atoms with Crippen molar-refractivity contribution in [3.8, 4) is 0 Å². The fourth-order valence-corrected chi connectivity index (χ4v) is 3.69. The number of hydrogen-bond acceptors (Lipinski definition) is 5. The molecule has 0 aromatic heterocycles. The van der Waals surface area contributed by atoms with E-state index >= 15 is 0 Å². The Morgan fingerprint density at radius 2 is 1.81 bits per heavy atom. The minimum atomic E-state index is -0.991. The lowest BCUT2D eigenvalue weighted by molar-refractivity contribution is 0.513. The van der Waals surface area contributed by atoms with Crippen molar-refractivity contribution in [1.82, 2.24) is 0 Å². The van der Waals surface area contributed by atoms with Gasteiger partial charge in [-0.05, 0) is 24.5 Å². The van der Waals surface area contributed by atoms with Gasteiger partial charge in [0.25, 0.3) is 0 Å². The lowest BCUT2D eigenvalue weighted by atomic mass is 9.82. The second-order valence-corrected chi connectivity index (χ2v) is 7.01. The number of rotatable bonds is 5. The van der Waals surface area contributed by atoms with Crippen LogP contribution in [0.3, 0.4) is 0 Å². The molecule has 0 spiro atoms. The van der Waals surface area contributed by atoms with E-state index in [1.165, 1.54) is 0 Å². The summed E-state index contributed by atoms with van der Waals surface area (Å²) in [6.45, 7) is 2.18. The topological polar surface area (TPSA) is 88.8 Å². The highest BCUT2D eigenvalue weighted by Gasteiger charge is 2.47. The smallest absolute Gasteiger partial charge is 0.151 e. The molecule has 2 aliphatic heterocycles. The summed E-state index contributed by atoms with van der Waals surface area (Å²) in [5.74, 6) is 0. The van der Waals surface area contributed by atoms with Crippen molar-refractivity contribution in [1.29, 1.82) is 0 Å². The Labute approximate surface area is 154 Å². The lowest BCUT2D eigenvalue weighted by Crippen LogP contribution is -2.65. The first-order chi connectivity index (χ1) is 12.6. The fourth-order valence-electron chi connectivity index (χ4n) is 3.69. The van der Waals surface area contributed by atoms with E-state index < -0.39 is 11.7 Å². The monoisotopic (exact) mass is 347 g/mol. The molecule has 5 N–H and O–H groups in total. The maximum atomic E-state index is 6.88. The van der Waals surface area contributed by atoms with E-state index in [0.29, 0.717) is 0 Å². The molecule has 26 heavy (non-hydrogen) atoms. The molecule has 0 saturated heterocycles. The molecule has 0 bridgehead atoms. The van der Waals surface area contributed by atoms with Gasteiger partial charge in [-0.2, -0.15) is 0 Å². The zero-order chi connectivity index (χ0) is 18.1. The molecule has 2 aliphatic rings. The van der Waals surface area contributed by atoms with Gasteiger partial charge in [0.15, 0.2) is 5.66 Å². The first-order valence-corrected chi connectivity index (χ1v) is 9.27. The predicted octanol–water partition coefficient (Wildman–Crippen LogP) is 3.23. The Hall–Kier alpha value is -2.50. The summed E-state index contributed by atoms with van der Waals surface area (Å²) in [4.78, 5) is 9.79. The highest BCUT2D eigenvalue weighted by molar-refractivity contribution is 6.54. The molecule has 2 aromatic carbocycles. The number of aliphatic imine (C=N–C) groups is 2. The van der Waals surface area contributed by atoms with Crippen LogP contribution in [0.1, 0.15) is 43.4 Å². The van der Waals surface area contributed by atoms with Crippen molar-refractivity contribution >= 4 is 17.1 Å². The van der Waals surface area contributed by atoms with Crippen molar-refractivity contribution in [3.05, 3.63) is 65.7 Å². The van der Waals surface area contributed by atoms with Crippen LogP contribution < -0.4 is 16.8 Å². The van der Waals surface area contributed by atoms with Gasteiger partial charge in [0.2, 0.25) is 0 Å². The van der Waals surface area contributed by atoms with Crippen molar-refractivity contribution in [2.24, 2.45) is 21.5 Å². The summed E-state index contributed by atoms with van der Waals surface area (Å²) in [6.07, 6.45) is 3.08. The van der Waals surface area contributed by atoms with Crippen LogP contribution in [0.5, 0.6) is 0 Å². The van der Waals surface area contributed by atoms with E-state index in [-0.39, 0.29) is 6.17 Å². The SMILES string of the molecule is CCCCC1N=C2C(=N1)C(N)(C(N)c1ccccc1)Nc1ccccc12. The summed E-state index contributed by atoms with van der Waals surface area (Å²) in [5.41, 5.74) is 17.2. The lowest BCUT2D eigenvalue weighted by Gasteiger charge is -2.41. The van der Waals surface area contributed by atoms with Crippen molar-refractivity contribution in [2.75, 3.05) is 5.32 Å². The van der Waals surface area contributed by atoms with Gasteiger partial charge in [-0.1, -0.05) is 61.9 Å². The van der Waals surface area contributed by atoms with Gasteiger partial charge in [0, 0.05) is 11.3 Å². The van der Waals surface area contributed by atoms with Crippen molar-refractivity contribution < 1.29 is 0 Å². The fraction of sp³-hybridized carbons (Fsp3) is 0.333. The third-order valence-corrected chi connectivity index (χ3v) is 5.16. The number of nitrogens with one attached hydrogen (secondary N) is 1. The minimum absolute atomic E-state index is 0.0706. The Kier molecular flexibility index (Phi) is 4.34.